The molecule has 14 heteroatoms. The summed E-state index contributed by atoms with van der Waals surface area (Å²) in [7, 11) is -3.38. The molecule has 1 aromatic carbocycles. The number of hydrogen-bond acceptors (Lipinski definition) is 7. The van der Waals surface area contributed by atoms with Gasteiger partial charge in [-0.2, -0.15) is 18.2 Å². The lowest BCUT2D eigenvalue weighted by Crippen LogP contribution is -2.48. The first-order valence-corrected chi connectivity index (χ1v) is 15.2. The maximum atomic E-state index is 13.1. The van der Waals surface area contributed by atoms with E-state index in [4.69, 9.17) is 11.6 Å². The molecule has 1 aromatic heterocycles. The largest absolute Gasteiger partial charge is 0.471 e. The number of nitrogens with zero attached hydrogens (tertiary/aromatic N) is 3. The van der Waals surface area contributed by atoms with E-state index >= 15 is 0 Å². The van der Waals surface area contributed by atoms with Crippen LogP contribution in [0.3, 0.4) is 0 Å². The van der Waals surface area contributed by atoms with Gasteiger partial charge in [0.25, 0.3) is 0 Å². The minimum atomic E-state index is -4.89. The van der Waals surface area contributed by atoms with E-state index in [1.807, 2.05) is 18.2 Å². The van der Waals surface area contributed by atoms with Gasteiger partial charge in [-0.1, -0.05) is 30.5 Å². The molecule has 2 aliphatic carbocycles. The molecule has 2 aromatic rings. The van der Waals surface area contributed by atoms with Crippen LogP contribution in [0.4, 0.5) is 30.6 Å². The van der Waals surface area contributed by atoms with Gasteiger partial charge in [-0.05, 0) is 48.9 Å². The van der Waals surface area contributed by atoms with Crippen molar-refractivity contribution in [3.8, 4) is 0 Å². The topological polar surface area (TPSA) is 116 Å². The van der Waals surface area contributed by atoms with E-state index in [-0.39, 0.29) is 48.0 Å². The van der Waals surface area contributed by atoms with E-state index in [1.54, 1.807) is 0 Å². The maximum Gasteiger partial charge on any atom is 0.471 e. The van der Waals surface area contributed by atoms with Crippen molar-refractivity contribution in [2.45, 2.75) is 68.6 Å². The number of rotatable bonds is 6. The molecule has 3 heterocycles. The molecule has 4 aliphatic rings. The Bertz CT molecular complexity index is 1360. The van der Waals surface area contributed by atoms with Gasteiger partial charge < -0.3 is 15.5 Å². The van der Waals surface area contributed by atoms with Crippen LogP contribution in [0, 0.1) is 0 Å². The molecule has 39 heavy (non-hydrogen) atoms. The summed E-state index contributed by atoms with van der Waals surface area (Å²) in [6, 6.07) is 5.13. The van der Waals surface area contributed by atoms with E-state index in [1.165, 1.54) is 6.20 Å². The number of amides is 1. The van der Waals surface area contributed by atoms with Gasteiger partial charge in [0, 0.05) is 42.7 Å². The Labute approximate surface area is 230 Å². The fourth-order valence-electron chi connectivity index (χ4n) is 5.98. The summed E-state index contributed by atoms with van der Waals surface area (Å²) in [5, 5.41) is 6.72. The summed E-state index contributed by atoms with van der Waals surface area (Å²) in [6.07, 6.45) is 2.44. The molecule has 1 saturated carbocycles. The van der Waals surface area contributed by atoms with Crippen LogP contribution >= 0.6 is 11.6 Å². The Morgan fingerprint density at radius 1 is 1.05 bits per heavy atom. The summed E-state index contributed by atoms with van der Waals surface area (Å²) in [4.78, 5) is 21.7. The number of aromatic nitrogens is 2. The third kappa shape index (κ3) is 6.41. The first-order chi connectivity index (χ1) is 18.4. The molecule has 4 atom stereocenters. The van der Waals surface area contributed by atoms with Gasteiger partial charge >= 0.3 is 12.1 Å². The molecule has 3 N–H and O–H groups in total. The van der Waals surface area contributed by atoms with Crippen molar-refractivity contribution < 1.29 is 26.4 Å². The number of sulfonamides is 1. The highest BCUT2D eigenvalue weighted by atomic mass is 35.5. The van der Waals surface area contributed by atoms with Gasteiger partial charge in [-0.3, -0.25) is 4.79 Å². The number of anilines is 3. The van der Waals surface area contributed by atoms with Crippen LogP contribution < -0.4 is 15.4 Å². The number of benzene rings is 1. The van der Waals surface area contributed by atoms with Crippen LogP contribution in [0.1, 0.15) is 61.5 Å². The highest BCUT2D eigenvalue weighted by Gasteiger charge is 2.46. The van der Waals surface area contributed by atoms with E-state index in [0.29, 0.717) is 24.3 Å². The Morgan fingerprint density at radius 3 is 2.38 bits per heavy atom. The second kappa shape index (κ2) is 10.7. The van der Waals surface area contributed by atoms with Crippen molar-refractivity contribution in [3.05, 3.63) is 40.5 Å². The normalized spacial score (nSPS) is 25.1. The first-order valence-electron chi connectivity index (χ1n) is 12.9. The average Bonchev–Trinajstić information content (AvgIpc) is 3.16. The molecular weight excluding hydrogens is 557 g/mol. The van der Waals surface area contributed by atoms with E-state index < -0.39 is 22.1 Å². The second-order valence-electron chi connectivity index (χ2n) is 10.6. The zero-order valence-electron chi connectivity index (χ0n) is 21.3. The molecule has 1 saturated heterocycles. The summed E-state index contributed by atoms with van der Waals surface area (Å²) in [6.45, 7) is 0.0845. The Balaban J connectivity index is 1.33. The van der Waals surface area contributed by atoms with Crippen molar-refractivity contribution in [2.75, 3.05) is 30.0 Å². The summed E-state index contributed by atoms with van der Waals surface area (Å²) >= 11 is 6.36. The number of fused-ring (bicyclic) bond motifs is 3. The van der Waals surface area contributed by atoms with Crippen LogP contribution in [-0.2, 0) is 14.8 Å². The van der Waals surface area contributed by atoms with E-state index in [0.717, 1.165) is 48.0 Å². The molecule has 6 rings (SSSR count). The van der Waals surface area contributed by atoms with Crippen LogP contribution in [-0.4, -0.2) is 66.8 Å². The van der Waals surface area contributed by atoms with E-state index in [2.05, 4.69) is 25.3 Å². The third-order valence-electron chi connectivity index (χ3n) is 7.70. The molecule has 0 radical (unpaired) electrons. The predicted molar refractivity (Wildman–Crippen MR) is 142 cm³/mol. The van der Waals surface area contributed by atoms with Gasteiger partial charge in [-0.25, -0.2) is 18.1 Å². The summed E-state index contributed by atoms with van der Waals surface area (Å²) < 4.78 is 65.7. The standard InChI is InChI=1S/C25H30ClF3N6O3S/c1-39(37,38)34-21-5-3-2-4-20(21)32-22-19(26)11-30-24(33-22)31-16-8-9-17-14-6-7-15(18(17)10-16)13-35(12-14)23(36)25(27,28)29/h8-11,14-15,20-21,34H,2-7,12-13H2,1H3,(H2,30,31,32,33)/t14-,15?,20-,21-/m1/s1. The Morgan fingerprint density at radius 2 is 1.72 bits per heavy atom. The summed E-state index contributed by atoms with van der Waals surface area (Å²) in [5.74, 6) is -1.49. The van der Waals surface area contributed by atoms with Gasteiger partial charge in [0.2, 0.25) is 16.0 Å². The monoisotopic (exact) mass is 586 g/mol. The lowest BCUT2D eigenvalue weighted by Gasteiger charge is -2.32. The van der Waals surface area contributed by atoms with Gasteiger partial charge in [0.1, 0.15) is 5.02 Å². The minimum absolute atomic E-state index is 0.0287. The molecule has 1 unspecified atom stereocenters. The van der Waals surface area contributed by atoms with Crippen LogP contribution in [0.25, 0.3) is 0 Å². The van der Waals surface area contributed by atoms with Crippen LogP contribution in [0.5, 0.6) is 0 Å². The molecular formula is C25H30ClF3N6O3S. The SMILES string of the molecule is CS(=O)(=O)N[C@@H]1CCCC[C@H]1Nc1nc(Nc2ccc3c(c2)C2CC[C@@H]3CN(C(=O)C(F)(F)F)C2)ncc1Cl. The fourth-order valence-corrected chi connectivity index (χ4v) is 6.95. The van der Waals surface area contributed by atoms with E-state index in [9.17, 15) is 26.4 Å². The van der Waals surface area contributed by atoms with Crippen molar-refractivity contribution in [2.24, 2.45) is 0 Å². The van der Waals surface area contributed by atoms with Gasteiger partial charge in [0.15, 0.2) is 5.82 Å². The van der Waals surface area contributed by atoms with Crippen LogP contribution in [0.2, 0.25) is 5.02 Å². The molecule has 1 amide bonds. The molecule has 0 spiro atoms. The first kappa shape index (κ1) is 27.9. The van der Waals surface area contributed by atoms with Crippen molar-refractivity contribution >= 4 is 45.0 Å². The summed E-state index contributed by atoms with van der Waals surface area (Å²) in [5.41, 5.74) is 2.56. The number of alkyl halides is 3. The lowest BCUT2D eigenvalue weighted by molar-refractivity contribution is -0.185. The maximum absolute atomic E-state index is 13.1. The molecule has 2 bridgehead atoms. The minimum Gasteiger partial charge on any atom is -0.364 e. The van der Waals surface area contributed by atoms with Crippen molar-refractivity contribution in [1.29, 1.82) is 0 Å². The number of carbonyl (C=O) groups excluding carboxylic acids is 1. The Kier molecular flexibility index (Phi) is 7.68. The highest BCUT2D eigenvalue weighted by molar-refractivity contribution is 7.88. The van der Waals surface area contributed by atoms with Gasteiger partial charge in [-0.15, -0.1) is 0 Å². The number of hydrogen-bond donors (Lipinski definition) is 3. The predicted octanol–water partition coefficient (Wildman–Crippen LogP) is 4.51. The zero-order chi connectivity index (χ0) is 27.9. The van der Waals surface area contributed by atoms with Crippen molar-refractivity contribution in [3.63, 3.8) is 0 Å². The van der Waals surface area contributed by atoms with Gasteiger partial charge in [0.05, 0.1) is 12.5 Å². The number of halogens is 4. The number of nitrogens with one attached hydrogen (secondary N) is 3. The molecule has 2 aliphatic heterocycles. The Hall–Kier alpha value is -2.64. The quantitative estimate of drug-likeness (QED) is 0.456. The highest BCUT2D eigenvalue weighted by Crippen LogP contribution is 2.44. The molecule has 9 nitrogen and oxygen atoms in total. The van der Waals surface area contributed by atoms with Crippen molar-refractivity contribution in [1.82, 2.24) is 19.6 Å². The fraction of sp³-hybridized carbons (Fsp3) is 0.560. The molecule has 2 fully saturated rings. The zero-order valence-corrected chi connectivity index (χ0v) is 22.8. The second-order valence-corrected chi connectivity index (χ2v) is 12.8. The number of carbonyl (C=O) groups is 1. The third-order valence-corrected chi connectivity index (χ3v) is 8.70. The molecule has 212 valence electrons. The van der Waals surface area contributed by atoms with Crippen LogP contribution in [0.15, 0.2) is 24.4 Å². The smallest absolute Gasteiger partial charge is 0.364 e. The average molecular weight is 587 g/mol. The lowest BCUT2D eigenvalue weighted by atomic mass is 9.78.